The van der Waals surface area contributed by atoms with Gasteiger partial charge in [0.1, 0.15) is 6.10 Å². The molecular formula is C23H33NO3S. The number of hydrogen-bond acceptors (Lipinski definition) is 5. The third-order valence-corrected chi connectivity index (χ3v) is 5.49. The van der Waals surface area contributed by atoms with Gasteiger partial charge < -0.3 is 14.6 Å². The maximum absolute atomic E-state index is 10.5. The molecule has 2 rings (SSSR count). The highest BCUT2D eigenvalue weighted by Gasteiger charge is 2.21. The summed E-state index contributed by atoms with van der Waals surface area (Å²) in [6.07, 6.45) is 4.15. The maximum atomic E-state index is 10.5. The highest BCUT2D eigenvalue weighted by Crippen LogP contribution is 2.30. The summed E-state index contributed by atoms with van der Waals surface area (Å²) in [5.41, 5.74) is 8.63. The number of benzene rings is 2. The molecule has 0 amide bonds. The van der Waals surface area contributed by atoms with Crippen LogP contribution in [0.4, 0.5) is 0 Å². The molecule has 3 unspecified atom stereocenters. The first-order valence-corrected chi connectivity index (χ1v) is 11.2. The van der Waals surface area contributed by atoms with Gasteiger partial charge in [-0.3, -0.25) is 5.73 Å². The second-order valence-corrected chi connectivity index (χ2v) is 8.23. The number of ether oxygens (including phenoxy) is 2. The van der Waals surface area contributed by atoms with Crippen LogP contribution in [0.2, 0.25) is 0 Å². The number of nitrogens with two attached hydrogens (primary N) is 1. The van der Waals surface area contributed by atoms with Crippen molar-refractivity contribution in [3.05, 3.63) is 59.7 Å². The van der Waals surface area contributed by atoms with Gasteiger partial charge in [-0.1, -0.05) is 43.3 Å². The molecule has 0 aliphatic heterocycles. The molecule has 3 N–H and O–H groups in total. The molecule has 0 saturated carbocycles. The predicted octanol–water partition coefficient (Wildman–Crippen LogP) is 4.28. The summed E-state index contributed by atoms with van der Waals surface area (Å²) in [6, 6.07) is 16.3. The molecule has 0 spiro atoms. The first kappa shape index (κ1) is 22.6. The Morgan fingerprint density at radius 1 is 1.04 bits per heavy atom. The molecule has 28 heavy (non-hydrogen) atoms. The Morgan fingerprint density at radius 2 is 1.79 bits per heavy atom. The molecule has 0 fully saturated rings. The average Bonchev–Trinajstić information content (AvgIpc) is 2.72. The van der Waals surface area contributed by atoms with Gasteiger partial charge in [-0.15, -0.1) is 0 Å². The zero-order valence-electron chi connectivity index (χ0n) is 17.1. The summed E-state index contributed by atoms with van der Waals surface area (Å²) >= 11 is 1.81. The van der Waals surface area contributed by atoms with Crippen LogP contribution in [-0.2, 0) is 12.8 Å². The summed E-state index contributed by atoms with van der Waals surface area (Å²) in [5.74, 6) is 2.63. The average molecular weight is 404 g/mol. The molecule has 0 aliphatic rings. The molecule has 0 radical (unpaired) electrons. The Balaban J connectivity index is 1.86. The van der Waals surface area contributed by atoms with Crippen molar-refractivity contribution in [1.29, 1.82) is 0 Å². The fraction of sp³-hybridized carbons (Fsp3) is 0.478. The van der Waals surface area contributed by atoms with Crippen LogP contribution >= 0.6 is 11.8 Å². The number of hydrogen-bond donors (Lipinski definition) is 2. The minimum absolute atomic E-state index is 0.348. The maximum Gasteiger partial charge on any atom is 0.174 e. The Hall–Kier alpha value is -1.69. The summed E-state index contributed by atoms with van der Waals surface area (Å²) in [5, 5.41) is 10.5. The molecule has 5 heteroatoms. The van der Waals surface area contributed by atoms with E-state index >= 15 is 0 Å². The second-order valence-electron chi connectivity index (χ2n) is 7.24. The van der Waals surface area contributed by atoms with E-state index < -0.39 is 12.3 Å². The van der Waals surface area contributed by atoms with Crippen molar-refractivity contribution in [2.75, 3.05) is 19.1 Å². The van der Waals surface area contributed by atoms with Crippen molar-refractivity contribution >= 4 is 11.8 Å². The topological polar surface area (TPSA) is 64.7 Å². The van der Waals surface area contributed by atoms with E-state index in [1.807, 2.05) is 36.0 Å². The van der Waals surface area contributed by atoms with E-state index in [1.54, 1.807) is 7.11 Å². The van der Waals surface area contributed by atoms with Crippen molar-refractivity contribution in [1.82, 2.24) is 0 Å². The Labute approximate surface area is 173 Å². The highest BCUT2D eigenvalue weighted by molar-refractivity contribution is 7.98. The quantitative estimate of drug-likeness (QED) is 0.518. The Kier molecular flexibility index (Phi) is 9.68. The number of rotatable bonds is 12. The van der Waals surface area contributed by atoms with Crippen LogP contribution in [0.3, 0.4) is 0 Å². The van der Waals surface area contributed by atoms with E-state index in [0.717, 1.165) is 25.0 Å². The molecule has 2 aromatic rings. The zero-order chi connectivity index (χ0) is 20.4. The molecular weight excluding hydrogens is 370 g/mol. The molecule has 4 nitrogen and oxygen atoms in total. The van der Waals surface area contributed by atoms with Crippen LogP contribution in [0, 0.1) is 5.92 Å². The van der Waals surface area contributed by atoms with Crippen LogP contribution in [0.25, 0.3) is 0 Å². The van der Waals surface area contributed by atoms with E-state index in [2.05, 4.69) is 37.4 Å². The normalized spacial score (nSPS) is 14.3. The first-order chi connectivity index (χ1) is 13.5. The van der Waals surface area contributed by atoms with Crippen molar-refractivity contribution in [3.8, 4) is 11.5 Å². The lowest BCUT2D eigenvalue weighted by molar-refractivity contribution is 0.0233. The van der Waals surface area contributed by atoms with E-state index in [1.165, 1.54) is 11.1 Å². The second kappa shape index (κ2) is 12.0. The molecule has 3 atom stereocenters. The first-order valence-electron chi connectivity index (χ1n) is 9.83. The molecule has 2 aromatic carbocycles. The van der Waals surface area contributed by atoms with Gasteiger partial charge in [-0.05, 0) is 66.9 Å². The van der Waals surface area contributed by atoms with Crippen LogP contribution < -0.4 is 15.2 Å². The number of aliphatic hydroxyl groups excluding tert-OH is 1. The van der Waals surface area contributed by atoms with Crippen molar-refractivity contribution in [2.24, 2.45) is 11.7 Å². The number of aryl methyl sites for hydroxylation is 2. The van der Waals surface area contributed by atoms with Crippen LogP contribution in [-0.4, -0.2) is 36.6 Å². The smallest absolute Gasteiger partial charge is 0.174 e. The van der Waals surface area contributed by atoms with Crippen molar-refractivity contribution in [3.63, 3.8) is 0 Å². The zero-order valence-corrected chi connectivity index (χ0v) is 18.0. The number of aliphatic hydroxyl groups is 1. The highest BCUT2D eigenvalue weighted by atomic mass is 32.2. The molecule has 0 aliphatic carbocycles. The Morgan fingerprint density at radius 3 is 2.46 bits per heavy atom. The van der Waals surface area contributed by atoms with E-state index in [0.29, 0.717) is 23.8 Å². The minimum atomic E-state index is -0.787. The van der Waals surface area contributed by atoms with Gasteiger partial charge in [0.2, 0.25) is 0 Å². The minimum Gasteiger partial charge on any atom is -0.493 e. The third-order valence-electron chi connectivity index (χ3n) is 4.88. The lowest BCUT2D eigenvalue weighted by Gasteiger charge is -2.24. The molecule has 0 bridgehead atoms. The largest absolute Gasteiger partial charge is 0.493 e. The van der Waals surface area contributed by atoms with Crippen LogP contribution in [0.15, 0.2) is 48.5 Å². The van der Waals surface area contributed by atoms with E-state index in [9.17, 15) is 5.11 Å². The number of methoxy groups -OCH3 is 1. The molecule has 0 saturated heterocycles. The molecule has 154 valence electrons. The third kappa shape index (κ3) is 7.38. The van der Waals surface area contributed by atoms with Crippen molar-refractivity contribution in [2.45, 2.75) is 44.9 Å². The summed E-state index contributed by atoms with van der Waals surface area (Å²) in [7, 11) is 1.62. The van der Waals surface area contributed by atoms with Crippen LogP contribution in [0.1, 0.15) is 30.9 Å². The predicted molar refractivity (Wildman–Crippen MR) is 118 cm³/mol. The lowest BCUT2D eigenvalue weighted by Crippen LogP contribution is -2.40. The van der Waals surface area contributed by atoms with Gasteiger partial charge in [-0.2, -0.15) is 11.8 Å². The Bertz CT molecular complexity index is 696. The summed E-state index contributed by atoms with van der Waals surface area (Å²) in [4.78, 5) is 0. The van der Waals surface area contributed by atoms with E-state index in [4.69, 9.17) is 15.2 Å². The summed E-state index contributed by atoms with van der Waals surface area (Å²) in [6.45, 7) is 2.14. The van der Waals surface area contributed by atoms with Gasteiger partial charge in [0, 0.05) is 0 Å². The monoisotopic (exact) mass is 403 g/mol. The van der Waals surface area contributed by atoms with Gasteiger partial charge in [0.15, 0.2) is 17.7 Å². The SMILES string of the molecule is COc1cc(CCSC)ccc1OC(N)C(O)CC(C)CCc1ccccc1. The summed E-state index contributed by atoms with van der Waals surface area (Å²) < 4.78 is 11.3. The van der Waals surface area contributed by atoms with E-state index in [-0.39, 0.29) is 0 Å². The van der Waals surface area contributed by atoms with Gasteiger partial charge in [-0.25, -0.2) is 0 Å². The van der Waals surface area contributed by atoms with Gasteiger partial charge in [0.05, 0.1) is 7.11 Å². The van der Waals surface area contributed by atoms with Crippen molar-refractivity contribution < 1.29 is 14.6 Å². The van der Waals surface area contributed by atoms with Crippen LogP contribution in [0.5, 0.6) is 11.5 Å². The number of thioether (sulfide) groups is 1. The molecule has 0 aromatic heterocycles. The standard InChI is InChI=1S/C23H33NO3S/c1-17(9-10-18-7-5-4-6-8-18)15-20(25)23(24)27-21-12-11-19(13-14-28-3)16-22(21)26-2/h4-8,11-12,16-17,20,23,25H,9-10,13-15,24H2,1-3H3. The fourth-order valence-corrected chi connectivity index (χ4v) is 3.57. The van der Waals surface area contributed by atoms with Gasteiger partial charge in [0.25, 0.3) is 0 Å². The fourth-order valence-electron chi connectivity index (χ4n) is 3.13. The van der Waals surface area contributed by atoms with Gasteiger partial charge >= 0.3 is 0 Å². The lowest BCUT2D eigenvalue weighted by atomic mass is 9.95. The molecule has 0 heterocycles.